The highest BCUT2D eigenvalue weighted by Gasteiger charge is 2.47. The molecule has 1 aliphatic rings. The van der Waals surface area contributed by atoms with Crippen LogP contribution < -0.4 is 5.73 Å². The lowest BCUT2D eigenvalue weighted by Gasteiger charge is -2.05. The van der Waals surface area contributed by atoms with Gasteiger partial charge in [0.05, 0.1) is 10.5 Å². The number of carbonyl (C=O) groups is 2. The van der Waals surface area contributed by atoms with Gasteiger partial charge in [-0.25, -0.2) is 12.8 Å². The molecule has 2 aromatic rings. The van der Waals surface area contributed by atoms with Crippen LogP contribution in [0.3, 0.4) is 0 Å². The van der Waals surface area contributed by atoms with E-state index in [1.165, 1.54) is 12.1 Å². The third kappa shape index (κ3) is 3.35. The summed E-state index contributed by atoms with van der Waals surface area (Å²) in [7, 11) is -4.06. The van der Waals surface area contributed by atoms with E-state index in [9.17, 15) is 27.5 Å². The van der Waals surface area contributed by atoms with E-state index in [0.29, 0.717) is 12.8 Å². The summed E-state index contributed by atoms with van der Waals surface area (Å²) in [6, 6.07) is 5.57. The van der Waals surface area contributed by atoms with Gasteiger partial charge in [-0.3, -0.25) is 9.59 Å². The second-order valence-corrected chi connectivity index (χ2v) is 9.17. The first-order chi connectivity index (χ1) is 11.6. The van der Waals surface area contributed by atoms with Crippen LogP contribution in [0.4, 0.5) is 4.39 Å². The van der Waals surface area contributed by atoms with Gasteiger partial charge in [0.25, 0.3) is 0 Å². The van der Waals surface area contributed by atoms with Crippen molar-refractivity contribution in [2.75, 3.05) is 0 Å². The monoisotopic (exact) mass is 383 g/mol. The summed E-state index contributed by atoms with van der Waals surface area (Å²) in [4.78, 5) is 23.6. The fourth-order valence-electron chi connectivity index (χ4n) is 2.33. The highest BCUT2D eigenvalue weighted by Crippen LogP contribution is 2.38. The SMILES string of the molecule is NC(=O)c1cc(S(=O)(=O)c2cccc(F)c2)sc1CC(=O)C1(O)CC1. The molecular formula is C16H14FNO5S2. The van der Waals surface area contributed by atoms with Crippen molar-refractivity contribution >= 4 is 32.9 Å². The zero-order valence-electron chi connectivity index (χ0n) is 12.9. The number of aliphatic hydroxyl groups is 1. The summed E-state index contributed by atoms with van der Waals surface area (Å²) in [6.45, 7) is 0. The number of sulfone groups is 1. The Morgan fingerprint density at radius 1 is 1.28 bits per heavy atom. The van der Waals surface area contributed by atoms with E-state index in [0.717, 1.165) is 29.5 Å². The summed E-state index contributed by atoms with van der Waals surface area (Å²) in [5, 5.41) is 9.84. The Morgan fingerprint density at radius 3 is 2.52 bits per heavy atom. The van der Waals surface area contributed by atoms with Crippen LogP contribution in [-0.2, 0) is 21.1 Å². The number of ketones is 1. The first-order valence-electron chi connectivity index (χ1n) is 7.32. The number of nitrogens with two attached hydrogens (primary N) is 1. The van der Waals surface area contributed by atoms with E-state index in [1.54, 1.807) is 0 Å². The Kier molecular flexibility index (Phi) is 4.26. The van der Waals surface area contributed by atoms with Gasteiger partial charge < -0.3 is 10.8 Å². The van der Waals surface area contributed by atoms with E-state index in [4.69, 9.17) is 5.73 Å². The van der Waals surface area contributed by atoms with Gasteiger partial charge in [0, 0.05) is 11.3 Å². The molecule has 1 heterocycles. The number of Topliss-reactive ketones (excluding diaryl/α,β-unsaturated/α-hetero) is 1. The van der Waals surface area contributed by atoms with Gasteiger partial charge in [-0.2, -0.15) is 0 Å². The molecule has 6 nitrogen and oxygen atoms in total. The Labute approximate surface area is 147 Å². The second-order valence-electron chi connectivity index (χ2n) is 5.86. The maximum Gasteiger partial charge on any atom is 0.249 e. The fraction of sp³-hybridized carbons (Fsp3) is 0.250. The molecule has 1 amide bonds. The molecule has 0 bridgehead atoms. The summed E-state index contributed by atoms with van der Waals surface area (Å²) in [6.07, 6.45) is 0.410. The van der Waals surface area contributed by atoms with Crippen LogP contribution in [0, 0.1) is 5.82 Å². The van der Waals surface area contributed by atoms with Crippen molar-refractivity contribution in [3.05, 3.63) is 46.6 Å². The summed E-state index contributed by atoms with van der Waals surface area (Å²) in [5.41, 5.74) is 3.80. The van der Waals surface area contributed by atoms with Crippen molar-refractivity contribution in [1.82, 2.24) is 0 Å². The summed E-state index contributed by atoms with van der Waals surface area (Å²) < 4.78 is 38.4. The van der Waals surface area contributed by atoms with E-state index < -0.39 is 32.9 Å². The first kappa shape index (κ1) is 17.7. The molecule has 132 valence electrons. The lowest BCUT2D eigenvalue weighted by Crippen LogP contribution is -2.24. The molecule has 1 aromatic heterocycles. The molecule has 3 N–H and O–H groups in total. The first-order valence-corrected chi connectivity index (χ1v) is 9.62. The number of carbonyl (C=O) groups excluding carboxylic acids is 2. The highest BCUT2D eigenvalue weighted by molar-refractivity contribution is 7.93. The largest absolute Gasteiger partial charge is 0.382 e. The molecule has 1 aromatic carbocycles. The average molecular weight is 383 g/mol. The smallest absolute Gasteiger partial charge is 0.249 e. The number of halogens is 1. The Morgan fingerprint density at radius 2 is 1.96 bits per heavy atom. The van der Waals surface area contributed by atoms with E-state index in [1.807, 2.05) is 0 Å². The Bertz CT molecular complexity index is 976. The minimum absolute atomic E-state index is 0.0856. The maximum atomic E-state index is 13.3. The van der Waals surface area contributed by atoms with Crippen molar-refractivity contribution in [3.63, 3.8) is 0 Å². The third-order valence-electron chi connectivity index (χ3n) is 3.99. The normalized spacial score (nSPS) is 15.8. The number of rotatable bonds is 6. The van der Waals surface area contributed by atoms with E-state index in [-0.39, 0.29) is 26.0 Å². The van der Waals surface area contributed by atoms with Crippen molar-refractivity contribution in [2.45, 2.75) is 34.0 Å². The second kappa shape index (κ2) is 6.01. The molecule has 1 aliphatic carbocycles. The van der Waals surface area contributed by atoms with Crippen LogP contribution in [-0.4, -0.2) is 30.8 Å². The van der Waals surface area contributed by atoms with Crippen LogP contribution in [0.1, 0.15) is 28.1 Å². The highest BCUT2D eigenvalue weighted by atomic mass is 32.2. The number of amides is 1. The molecule has 0 saturated heterocycles. The third-order valence-corrected chi connectivity index (χ3v) is 7.35. The average Bonchev–Trinajstić information content (AvgIpc) is 3.14. The van der Waals surface area contributed by atoms with E-state index in [2.05, 4.69) is 0 Å². The van der Waals surface area contributed by atoms with Gasteiger partial charge in [0.2, 0.25) is 15.7 Å². The van der Waals surface area contributed by atoms with Crippen molar-refractivity contribution in [1.29, 1.82) is 0 Å². The van der Waals surface area contributed by atoms with Crippen LogP contribution >= 0.6 is 11.3 Å². The van der Waals surface area contributed by atoms with Crippen LogP contribution in [0.25, 0.3) is 0 Å². The molecule has 0 atom stereocenters. The van der Waals surface area contributed by atoms with Crippen molar-refractivity contribution in [2.24, 2.45) is 5.73 Å². The summed E-state index contributed by atoms with van der Waals surface area (Å²) >= 11 is 0.724. The molecule has 25 heavy (non-hydrogen) atoms. The number of hydrogen-bond acceptors (Lipinski definition) is 6. The van der Waals surface area contributed by atoms with Crippen molar-refractivity contribution in [3.8, 4) is 0 Å². The standard InChI is InChI=1S/C16H14FNO5S2/c17-9-2-1-3-10(6-9)25(22,23)14-7-11(15(18)20)12(24-14)8-13(19)16(21)4-5-16/h1-3,6-7,21H,4-5,8H2,(H2,18,20). The number of benzene rings is 1. The number of primary amides is 1. The summed E-state index contributed by atoms with van der Waals surface area (Å²) in [5.74, 6) is -2.06. The van der Waals surface area contributed by atoms with Gasteiger partial charge in [-0.15, -0.1) is 11.3 Å². The fourth-order valence-corrected chi connectivity index (χ4v) is 5.29. The van der Waals surface area contributed by atoms with Gasteiger partial charge in [-0.05, 0) is 37.1 Å². The van der Waals surface area contributed by atoms with Gasteiger partial charge in [0.15, 0.2) is 5.78 Å². The number of hydrogen-bond donors (Lipinski definition) is 2. The van der Waals surface area contributed by atoms with Crippen molar-refractivity contribution < 1.29 is 27.5 Å². The Hall–Kier alpha value is -2.10. The minimum atomic E-state index is -4.06. The topological polar surface area (TPSA) is 115 Å². The van der Waals surface area contributed by atoms with Gasteiger partial charge in [-0.1, -0.05) is 6.07 Å². The molecule has 0 radical (unpaired) electrons. The van der Waals surface area contributed by atoms with Gasteiger partial charge in [0.1, 0.15) is 15.6 Å². The predicted octanol–water partition coefficient (Wildman–Crippen LogP) is 1.46. The van der Waals surface area contributed by atoms with E-state index >= 15 is 0 Å². The molecule has 0 unspecified atom stereocenters. The lowest BCUT2D eigenvalue weighted by molar-refractivity contribution is -0.128. The molecule has 0 spiro atoms. The number of thiophene rings is 1. The Balaban J connectivity index is 2.01. The molecular weight excluding hydrogens is 369 g/mol. The quantitative estimate of drug-likeness (QED) is 0.784. The maximum absolute atomic E-state index is 13.3. The predicted molar refractivity (Wildman–Crippen MR) is 87.6 cm³/mol. The lowest BCUT2D eigenvalue weighted by atomic mass is 10.1. The molecule has 1 fully saturated rings. The van der Waals surface area contributed by atoms with Gasteiger partial charge >= 0.3 is 0 Å². The molecule has 9 heteroatoms. The zero-order chi connectivity index (χ0) is 18.4. The zero-order valence-corrected chi connectivity index (χ0v) is 14.5. The van der Waals surface area contributed by atoms with Crippen LogP contribution in [0.2, 0.25) is 0 Å². The molecule has 3 rings (SSSR count). The molecule has 1 saturated carbocycles. The van der Waals surface area contributed by atoms with Crippen LogP contribution in [0.5, 0.6) is 0 Å². The molecule has 0 aliphatic heterocycles. The van der Waals surface area contributed by atoms with Crippen LogP contribution in [0.15, 0.2) is 39.4 Å². The minimum Gasteiger partial charge on any atom is -0.382 e.